The first-order valence-corrected chi connectivity index (χ1v) is 18.7. The van der Waals surface area contributed by atoms with Crippen LogP contribution in [0.5, 0.6) is 0 Å². The van der Waals surface area contributed by atoms with Crippen molar-refractivity contribution < 1.29 is 92.9 Å². The van der Waals surface area contributed by atoms with Gasteiger partial charge in [0.25, 0.3) is 5.91 Å². The van der Waals surface area contributed by atoms with Crippen molar-refractivity contribution in [3.05, 3.63) is 67.5 Å². The number of hydrogen-bond donors (Lipinski definition) is 2. The maximum Gasteiger partial charge on any atom is 1.00 e. The minimum atomic E-state index is -1.62. The largest absolute Gasteiger partial charge is 1.00 e. The number of carboxylic acids is 2. The van der Waals surface area contributed by atoms with Gasteiger partial charge in [-0.1, -0.05) is 30.0 Å². The normalized spacial score (nSPS) is 21.0. The van der Waals surface area contributed by atoms with E-state index in [1.807, 2.05) is 17.5 Å². The molecule has 3 aromatic heterocycles. The van der Waals surface area contributed by atoms with Crippen molar-refractivity contribution in [3.8, 4) is 0 Å². The van der Waals surface area contributed by atoms with Gasteiger partial charge in [0.15, 0.2) is 17.1 Å². The summed E-state index contributed by atoms with van der Waals surface area (Å²) in [5.41, 5.74) is -0.880. The minimum absolute atomic E-state index is 0. The molecule has 3 aliphatic heterocycles. The van der Waals surface area contributed by atoms with Crippen molar-refractivity contribution in [1.82, 2.24) is 25.1 Å². The summed E-state index contributed by atoms with van der Waals surface area (Å²) in [5, 5.41) is 30.8. The summed E-state index contributed by atoms with van der Waals surface area (Å²) >= 11 is 9.55. The first kappa shape index (κ1) is 40.2. The Morgan fingerprint density at radius 3 is 2.55 bits per heavy atom. The van der Waals surface area contributed by atoms with E-state index in [1.165, 1.54) is 46.0 Å². The molecule has 1 unspecified atom stereocenters. The van der Waals surface area contributed by atoms with Gasteiger partial charge in [0.2, 0.25) is 5.91 Å². The molecule has 2 N–H and O–H groups in total. The molecule has 2 amide bonds. The number of thiophene rings is 1. The number of carboxylic acid groups (broad SMARTS) is 2. The van der Waals surface area contributed by atoms with E-state index in [0.29, 0.717) is 35.2 Å². The first-order valence-electron chi connectivity index (χ1n) is 15.3. The van der Waals surface area contributed by atoms with E-state index >= 15 is 4.39 Å². The van der Waals surface area contributed by atoms with Crippen LogP contribution in [0.1, 0.15) is 40.5 Å². The maximum atomic E-state index is 15.3. The number of aliphatic carboxylic acids is 1. The van der Waals surface area contributed by atoms with Crippen molar-refractivity contribution in [2.75, 3.05) is 29.5 Å². The molecule has 51 heavy (non-hydrogen) atoms. The fraction of sp³-hybridized carbons (Fsp3) is 0.387. The molecule has 1 saturated carbocycles. The molecule has 3 fully saturated rings. The Balaban J connectivity index is 0.00000252. The molecule has 7 rings (SSSR count). The van der Waals surface area contributed by atoms with Gasteiger partial charge in [-0.25, -0.2) is 9.37 Å². The summed E-state index contributed by atoms with van der Waals surface area (Å²) in [6.07, 6.45) is 3.52. The zero-order valence-electron chi connectivity index (χ0n) is 27.5. The number of carbonyl (C=O) groups excluding carboxylic acids is 4. The summed E-state index contributed by atoms with van der Waals surface area (Å²) in [6.45, 7) is 0.776. The molecule has 3 aromatic rings. The van der Waals surface area contributed by atoms with Gasteiger partial charge in [0, 0.05) is 47.8 Å². The van der Waals surface area contributed by atoms with Crippen molar-refractivity contribution in [2.45, 2.75) is 49.2 Å². The third-order valence-electron chi connectivity index (χ3n) is 8.76. The summed E-state index contributed by atoms with van der Waals surface area (Å²) < 4.78 is 17.3. The predicted molar refractivity (Wildman–Crippen MR) is 182 cm³/mol. The molecule has 4 aliphatic rings. The molecular weight excluding hydrogens is 762 g/mol. The van der Waals surface area contributed by atoms with Crippen LogP contribution in [-0.4, -0.2) is 84.6 Å². The maximum absolute atomic E-state index is 15.3. The molecule has 20 heteroatoms. The molecule has 6 heterocycles. The van der Waals surface area contributed by atoms with Crippen LogP contribution in [0.2, 0.25) is 0 Å². The van der Waals surface area contributed by atoms with Crippen LogP contribution in [0.3, 0.4) is 0 Å². The molecule has 1 aliphatic carbocycles. The van der Waals surface area contributed by atoms with Crippen LogP contribution in [0.4, 0.5) is 10.2 Å². The number of pyridine rings is 2. The van der Waals surface area contributed by atoms with E-state index in [0.717, 1.165) is 23.8 Å². The number of amides is 2. The van der Waals surface area contributed by atoms with Gasteiger partial charge in [-0.2, -0.15) is 0 Å². The Bertz CT molecular complexity index is 2010. The quantitative estimate of drug-likeness (QED) is 0.113. The van der Waals surface area contributed by atoms with Gasteiger partial charge in [-0.05, 0) is 42.3 Å². The van der Waals surface area contributed by atoms with Gasteiger partial charge in [0.1, 0.15) is 21.4 Å². The Morgan fingerprint density at radius 2 is 1.88 bits per heavy atom. The molecular formula is C31H27FN6Na2O7S4. The first-order chi connectivity index (χ1) is 23.5. The number of β-lactam (4-membered cyclic amide) rings is 1. The van der Waals surface area contributed by atoms with E-state index < -0.39 is 46.1 Å². The minimum Gasteiger partial charge on any atom is -0.545 e. The van der Waals surface area contributed by atoms with Crippen molar-refractivity contribution in [3.63, 3.8) is 0 Å². The smallest absolute Gasteiger partial charge is 0.545 e. The average Bonchev–Trinajstić information content (AvgIpc) is 3.58. The van der Waals surface area contributed by atoms with Crippen molar-refractivity contribution >= 4 is 92.0 Å². The predicted octanol–water partition coefficient (Wildman–Crippen LogP) is -5.86. The Hall–Kier alpha value is -2.00. The third kappa shape index (κ3) is 8.24. The van der Waals surface area contributed by atoms with E-state index in [2.05, 4.69) is 15.6 Å². The molecule has 0 spiro atoms. The number of aromatic nitrogens is 2. The monoisotopic (exact) mass is 788 g/mol. The number of carbonyl (C=O) groups is 4. The fourth-order valence-corrected chi connectivity index (χ4v) is 9.56. The number of anilines is 1. The number of thioether (sulfide) groups is 2. The van der Waals surface area contributed by atoms with Crippen LogP contribution in [0.25, 0.3) is 11.0 Å². The standard InChI is InChI=1S/C31H29FN6O7S4.2Na/c32-20-9-18-24(40)19(29(42)43)11-37(16-3-4-16)25(18)35-26(20)36-6-5-15(10-36)33-31(46)49-13-14-12-48-28-22(27(41)38(28)23(14)30(44)45)34-21(39)8-17-2-1-7-47-17;;/h1-2,7,9,11,15-16,22,28H,3-6,8,10,12-13H2,(H,33,46)(H,34,39)(H,42,43)(H,44,45);;/q;2*+1/p-2/t15?,22-,28-;;/m1../s1. The van der Waals surface area contributed by atoms with Crippen molar-refractivity contribution in [2.24, 2.45) is 0 Å². The summed E-state index contributed by atoms with van der Waals surface area (Å²) in [7, 11) is 0. The van der Waals surface area contributed by atoms with E-state index in [9.17, 15) is 34.2 Å². The third-order valence-corrected chi connectivity index (χ3v) is 12.3. The molecule has 13 nitrogen and oxygen atoms in total. The van der Waals surface area contributed by atoms with Crippen LogP contribution < -0.4 is 90.3 Å². The molecule has 256 valence electrons. The van der Waals surface area contributed by atoms with Gasteiger partial charge >= 0.3 is 59.1 Å². The molecule has 3 atom stereocenters. The molecule has 0 bridgehead atoms. The van der Waals surface area contributed by atoms with Gasteiger partial charge in [-0.15, -0.1) is 23.1 Å². The number of nitrogens with one attached hydrogen (secondary N) is 2. The van der Waals surface area contributed by atoms with E-state index in [-0.39, 0.29) is 112 Å². The van der Waals surface area contributed by atoms with Gasteiger partial charge in [0.05, 0.1) is 35.0 Å². The number of fused-ring (bicyclic) bond motifs is 2. The molecule has 2 saturated heterocycles. The summed E-state index contributed by atoms with van der Waals surface area (Å²) in [5.74, 6) is -4.12. The number of nitrogens with zero attached hydrogens (tertiary/aromatic N) is 4. The molecule has 0 radical (unpaired) electrons. The van der Waals surface area contributed by atoms with Gasteiger partial charge < -0.3 is 39.9 Å². The van der Waals surface area contributed by atoms with E-state index in [4.69, 9.17) is 12.2 Å². The SMILES string of the molecule is O=C(Cc1cccs1)N[C@@H]1C(=O)N2C(C(=O)[O-])=C(CSC(=S)NC3CCN(c4nc5c(cc4F)c(=O)c(C(=O)[O-])cn5C4CC4)C3)CS[C@H]12.[Na+].[Na+]. The van der Waals surface area contributed by atoms with E-state index in [1.54, 1.807) is 9.47 Å². The average molecular weight is 789 g/mol. The topological polar surface area (TPSA) is 180 Å². The Morgan fingerprint density at radius 1 is 1.12 bits per heavy atom. The summed E-state index contributed by atoms with van der Waals surface area (Å²) in [6, 6.07) is 3.66. The summed E-state index contributed by atoms with van der Waals surface area (Å²) in [4.78, 5) is 70.2. The number of hydrogen-bond acceptors (Lipinski definition) is 13. The number of aromatic carboxylic acids is 1. The Kier molecular flexibility index (Phi) is 13.1. The van der Waals surface area contributed by atoms with Crippen LogP contribution in [-0.2, 0) is 20.8 Å². The van der Waals surface area contributed by atoms with Crippen LogP contribution >= 0.6 is 47.1 Å². The Labute approximate surface area is 352 Å². The van der Waals surface area contributed by atoms with Crippen LogP contribution in [0.15, 0.2) is 45.8 Å². The van der Waals surface area contributed by atoms with Crippen LogP contribution in [0, 0.1) is 5.82 Å². The second-order valence-electron chi connectivity index (χ2n) is 12.1. The zero-order chi connectivity index (χ0) is 34.6. The molecule has 0 aromatic carbocycles. The number of halogens is 1. The fourth-order valence-electron chi connectivity index (χ4n) is 6.25. The van der Waals surface area contributed by atoms with Gasteiger partial charge in [-0.3, -0.25) is 19.3 Å². The zero-order valence-corrected chi connectivity index (χ0v) is 34.8. The van der Waals surface area contributed by atoms with Crippen molar-refractivity contribution in [1.29, 1.82) is 0 Å². The second kappa shape index (κ2) is 16.6. The second-order valence-corrected chi connectivity index (χ2v) is 15.9. The number of rotatable bonds is 10. The number of thiocarbonyl (C=S) groups is 1.